The lowest BCUT2D eigenvalue weighted by molar-refractivity contribution is -0.171. The second-order valence-corrected chi connectivity index (χ2v) is 7.11. The van der Waals surface area contributed by atoms with Gasteiger partial charge in [-0.1, -0.05) is 0 Å². The molecule has 0 rings (SSSR count). The average Bonchev–Trinajstić information content (AvgIpc) is 2.19. The van der Waals surface area contributed by atoms with Crippen LogP contribution in [0.1, 0.15) is 6.42 Å². The number of alkyl halides is 6. The van der Waals surface area contributed by atoms with E-state index in [2.05, 4.69) is 8.85 Å². The smallest absolute Gasteiger partial charge is 0.396 e. The van der Waals surface area contributed by atoms with Crippen LogP contribution in [0.2, 0.25) is 12.6 Å². The highest BCUT2D eigenvalue weighted by atomic mass is 28.4. The Bertz CT molecular complexity index is 224. The van der Waals surface area contributed by atoms with Crippen LogP contribution < -0.4 is 0 Å². The molecule has 0 aromatic carbocycles. The molecule has 0 aromatic rings. The molecule has 3 nitrogen and oxygen atoms in total. The van der Waals surface area contributed by atoms with Crippen molar-refractivity contribution in [3.05, 3.63) is 0 Å². The summed E-state index contributed by atoms with van der Waals surface area (Å²) in [5.74, 6) is 0. The minimum absolute atomic E-state index is 0.0262. The van der Waals surface area contributed by atoms with Crippen molar-refractivity contribution in [2.24, 2.45) is 0 Å². The number of halogens is 6. The molecule has 0 saturated carbocycles. The van der Waals surface area contributed by atoms with Crippen LogP contribution >= 0.6 is 0 Å². The van der Waals surface area contributed by atoms with Crippen molar-refractivity contribution in [2.75, 3.05) is 19.8 Å². The highest BCUT2D eigenvalue weighted by Gasteiger charge is 2.40. The molecule has 0 fully saturated rings. The van der Waals surface area contributed by atoms with Gasteiger partial charge in [0.25, 0.3) is 0 Å². The second-order valence-electron chi connectivity index (χ2n) is 3.77. The summed E-state index contributed by atoms with van der Waals surface area (Å²) in [7, 11) is -3.59. The molecule has 0 atom stereocenters. The third-order valence-electron chi connectivity index (χ3n) is 1.87. The van der Waals surface area contributed by atoms with Gasteiger partial charge >= 0.3 is 20.9 Å². The summed E-state index contributed by atoms with van der Waals surface area (Å²) in [6.07, 6.45) is -9.23. The number of hydrogen-bond acceptors (Lipinski definition) is 3. The van der Waals surface area contributed by atoms with E-state index in [1.165, 1.54) is 0 Å². The maximum atomic E-state index is 12.0. The Labute approximate surface area is 101 Å². The Hall–Kier alpha value is -0.323. The van der Waals surface area contributed by atoms with Gasteiger partial charge in [-0.15, -0.1) is 0 Å². The third kappa shape index (κ3) is 9.68. The van der Waals surface area contributed by atoms with Crippen LogP contribution in [0.4, 0.5) is 26.3 Å². The Morgan fingerprint density at radius 2 is 1.33 bits per heavy atom. The molecule has 0 aliphatic rings. The Kier molecular flexibility index (Phi) is 6.61. The van der Waals surface area contributed by atoms with E-state index >= 15 is 0 Å². The first kappa shape index (κ1) is 17.7. The molecule has 0 saturated heterocycles. The normalized spacial score (nSPS) is 14.0. The van der Waals surface area contributed by atoms with Gasteiger partial charge in [0.15, 0.2) is 0 Å². The van der Waals surface area contributed by atoms with Gasteiger partial charge in [-0.25, -0.2) is 0 Å². The third-order valence-corrected chi connectivity index (χ3v) is 4.64. The van der Waals surface area contributed by atoms with Crippen molar-refractivity contribution >= 4 is 8.56 Å². The number of aliphatic hydroxyl groups is 1. The summed E-state index contributed by atoms with van der Waals surface area (Å²) in [6, 6.07) is -0.143. The van der Waals surface area contributed by atoms with Crippen molar-refractivity contribution in [1.82, 2.24) is 0 Å². The second kappa shape index (κ2) is 6.73. The van der Waals surface area contributed by atoms with E-state index in [0.717, 1.165) is 6.55 Å². The molecule has 110 valence electrons. The van der Waals surface area contributed by atoms with E-state index in [4.69, 9.17) is 5.11 Å². The van der Waals surface area contributed by atoms with E-state index in [0.29, 0.717) is 0 Å². The van der Waals surface area contributed by atoms with E-state index in [1.807, 2.05) is 0 Å². The van der Waals surface area contributed by atoms with E-state index in [1.54, 1.807) is 0 Å². The van der Waals surface area contributed by atoms with Crippen molar-refractivity contribution < 1.29 is 40.3 Å². The van der Waals surface area contributed by atoms with Gasteiger partial charge in [-0.2, -0.15) is 26.3 Å². The van der Waals surface area contributed by atoms with Crippen molar-refractivity contribution in [3.63, 3.8) is 0 Å². The quantitative estimate of drug-likeness (QED) is 0.580. The van der Waals surface area contributed by atoms with Crippen LogP contribution in [0.3, 0.4) is 0 Å². The van der Waals surface area contributed by atoms with E-state index in [9.17, 15) is 26.3 Å². The predicted octanol–water partition coefficient (Wildman–Crippen LogP) is 2.60. The van der Waals surface area contributed by atoms with Crippen LogP contribution in [0, 0.1) is 0 Å². The molecule has 0 radical (unpaired) electrons. The summed E-state index contributed by atoms with van der Waals surface area (Å²) >= 11 is 0. The lowest BCUT2D eigenvalue weighted by Crippen LogP contribution is -2.44. The van der Waals surface area contributed by atoms with Gasteiger partial charge in [0.2, 0.25) is 0 Å². The van der Waals surface area contributed by atoms with Crippen LogP contribution in [0.5, 0.6) is 0 Å². The zero-order valence-electron chi connectivity index (χ0n) is 9.57. The van der Waals surface area contributed by atoms with Gasteiger partial charge < -0.3 is 14.0 Å². The number of aliphatic hydroxyl groups excluding tert-OH is 1. The largest absolute Gasteiger partial charge is 0.410 e. The molecule has 18 heavy (non-hydrogen) atoms. The molecule has 0 amide bonds. The Balaban J connectivity index is 4.42. The lowest BCUT2D eigenvalue weighted by atomic mass is 10.5. The molecule has 0 spiro atoms. The lowest BCUT2D eigenvalue weighted by Gasteiger charge is -2.27. The Morgan fingerprint density at radius 3 is 1.61 bits per heavy atom. The molecular weight excluding hydrogens is 286 g/mol. The molecular formula is C8H14F6O3Si. The summed E-state index contributed by atoms with van der Waals surface area (Å²) in [6.45, 7) is -2.55. The molecule has 0 unspecified atom stereocenters. The monoisotopic (exact) mass is 300 g/mol. The SMILES string of the molecule is C[Si](CCCO)(OCC(F)(F)F)OCC(F)(F)F. The summed E-state index contributed by atoms with van der Waals surface area (Å²) in [5, 5.41) is 8.55. The van der Waals surface area contributed by atoms with Crippen LogP contribution in [-0.4, -0.2) is 45.8 Å². The van der Waals surface area contributed by atoms with Crippen molar-refractivity contribution in [1.29, 1.82) is 0 Å². The van der Waals surface area contributed by atoms with Crippen molar-refractivity contribution in [3.8, 4) is 0 Å². The number of rotatable bonds is 7. The van der Waals surface area contributed by atoms with Gasteiger partial charge in [0.1, 0.15) is 13.2 Å². The fraction of sp³-hybridized carbons (Fsp3) is 1.00. The number of hydrogen-bond donors (Lipinski definition) is 1. The van der Waals surface area contributed by atoms with E-state index < -0.39 is 34.1 Å². The average molecular weight is 300 g/mol. The molecule has 0 heterocycles. The maximum Gasteiger partial charge on any atom is 0.410 e. The van der Waals surface area contributed by atoms with Gasteiger partial charge in [-0.3, -0.25) is 0 Å². The minimum atomic E-state index is -4.63. The summed E-state index contributed by atoms with van der Waals surface area (Å²) in [4.78, 5) is 0. The first-order valence-corrected chi connectivity index (χ1v) is 7.52. The zero-order valence-corrected chi connectivity index (χ0v) is 10.6. The summed E-state index contributed by atoms with van der Waals surface area (Å²) in [5.41, 5.74) is 0. The molecule has 0 bridgehead atoms. The Morgan fingerprint density at radius 1 is 0.944 bits per heavy atom. The first-order valence-electron chi connectivity index (χ1n) is 5.00. The molecule has 1 N–H and O–H groups in total. The van der Waals surface area contributed by atoms with Crippen LogP contribution in [0.25, 0.3) is 0 Å². The van der Waals surface area contributed by atoms with Gasteiger partial charge in [0.05, 0.1) is 0 Å². The minimum Gasteiger partial charge on any atom is -0.396 e. The van der Waals surface area contributed by atoms with Crippen molar-refractivity contribution in [2.45, 2.75) is 31.4 Å². The standard InChI is InChI=1S/C8H14F6O3Si/c1-18(4-2-3-15,16-5-7(9,10)11)17-6-8(12,13)14/h15H,2-6H2,1H3. The molecule has 0 aliphatic carbocycles. The van der Waals surface area contributed by atoms with Gasteiger partial charge in [0, 0.05) is 6.61 Å². The van der Waals surface area contributed by atoms with Crippen LogP contribution in [-0.2, 0) is 8.85 Å². The fourth-order valence-corrected chi connectivity index (χ4v) is 3.17. The first-order chi connectivity index (χ1) is 7.97. The predicted molar refractivity (Wildman–Crippen MR) is 52.1 cm³/mol. The van der Waals surface area contributed by atoms with Crippen LogP contribution in [0.15, 0.2) is 0 Å². The molecule has 10 heteroatoms. The fourth-order valence-electron chi connectivity index (χ4n) is 1.06. The highest BCUT2D eigenvalue weighted by molar-refractivity contribution is 6.66. The molecule has 0 aromatic heterocycles. The van der Waals surface area contributed by atoms with Gasteiger partial charge in [-0.05, 0) is 19.0 Å². The maximum absolute atomic E-state index is 12.0. The van der Waals surface area contributed by atoms with E-state index in [-0.39, 0.29) is 19.1 Å². The summed E-state index contributed by atoms with van der Waals surface area (Å²) < 4.78 is 80.7. The molecule has 0 aliphatic heterocycles. The highest BCUT2D eigenvalue weighted by Crippen LogP contribution is 2.24. The zero-order chi connectivity index (χ0) is 14.4. The topological polar surface area (TPSA) is 38.7 Å².